The van der Waals surface area contributed by atoms with Crippen molar-refractivity contribution >= 4 is 16.9 Å². The first kappa shape index (κ1) is 18.0. The van der Waals surface area contributed by atoms with Gasteiger partial charge in [-0.3, -0.25) is 0 Å². The Morgan fingerprint density at radius 2 is 1.73 bits per heavy atom. The van der Waals surface area contributed by atoms with Crippen LogP contribution in [0, 0.1) is 11.7 Å². The van der Waals surface area contributed by atoms with Crippen LogP contribution in [0.2, 0.25) is 0 Å². The number of carbonyl (C=O) groups excluding carboxylic acids is 1. The molecule has 0 aliphatic carbocycles. The number of halogens is 1. The van der Waals surface area contributed by atoms with Gasteiger partial charge in [-0.05, 0) is 35.2 Å². The standard InChI is InChI=1S/C21H24FN3O/c1-14(2)11-24-21(26)25-12-18(15-7-9-16(22)10-8-15)19-13-23-20-6-4-3-5-17(19)20/h3-10,13-14,18,23H,11-12H2,1-2H3,(H2,24,25,26)/t18-/m0/s1. The number of H-pyrrole nitrogens is 1. The number of rotatable bonds is 6. The Bertz CT molecular complexity index is 870. The van der Waals surface area contributed by atoms with E-state index in [2.05, 4.69) is 21.7 Å². The van der Waals surface area contributed by atoms with Crippen molar-refractivity contribution in [1.29, 1.82) is 0 Å². The van der Waals surface area contributed by atoms with Crippen molar-refractivity contribution < 1.29 is 9.18 Å². The number of amides is 2. The zero-order chi connectivity index (χ0) is 18.5. The number of urea groups is 1. The number of hydrogen-bond donors (Lipinski definition) is 3. The van der Waals surface area contributed by atoms with Crippen LogP contribution in [0.5, 0.6) is 0 Å². The van der Waals surface area contributed by atoms with Gasteiger partial charge in [0.2, 0.25) is 0 Å². The average molecular weight is 353 g/mol. The molecule has 1 heterocycles. The van der Waals surface area contributed by atoms with E-state index in [1.54, 1.807) is 12.1 Å². The molecule has 4 nitrogen and oxygen atoms in total. The summed E-state index contributed by atoms with van der Waals surface area (Å²) < 4.78 is 13.3. The highest BCUT2D eigenvalue weighted by molar-refractivity contribution is 5.84. The molecule has 0 unspecified atom stereocenters. The largest absolute Gasteiger partial charge is 0.361 e. The Morgan fingerprint density at radius 1 is 1.04 bits per heavy atom. The molecular weight excluding hydrogens is 329 g/mol. The molecule has 1 atom stereocenters. The van der Waals surface area contributed by atoms with E-state index in [1.807, 2.05) is 38.2 Å². The molecule has 3 N–H and O–H groups in total. The molecule has 1 aromatic heterocycles. The Balaban J connectivity index is 1.85. The van der Waals surface area contributed by atoms with Gasteiger partial charge >= 0.3 is 6.03 Å². The maximum absolute atomic E-state index is 13.3. The van der Waals surface area contributed by atoms with Gasteiger partial charge in [-0.2, -0.15) is 0 Å². The smallest absolute Gasteiger partial charge is 0.314 e. The van der Waals surface area contributed by atoms with Crippen LogP contribution in [0.25, 0.3) is 10.9 Å². The molecule has 5 heteroatoms. The molecule has 3 rings (SSSR count). The molecule has 0 bridgehead atoms. The average Bonchev–Trinajstić information content (AvgIpc) is 3.06. The summed E-state index contributed by atoms with van der Waals surface area (Å²) in [4.78, 5) is 15.4. The van der Waals surface area contributed by atoms with Gasteiger partial charge in [0.05, 0.1) is 0 Å². The first-order chi connectivity index (χ1) is 12.5. The topological polar surface area (TPSA) is 56.9 Å². The summed E-state index contributed by atoms with van der Waals surface area (Å²) in [7, 11) is 0. The summed E-state index contributed by atoms with van der Waals surface area (Å²) in [6.45, 7) is 5.15. The number of hydrogen-bond acceptors (Lipinski definition) is 1. The number of nitrogens with one attached hydrogen (secondary N) is 3. The quantitative estimate of drug-likeness (QED) is 0.605. The van der Waals surface area contributed by atoms with Crippen LogP contribution in [-0.4, -0.2) is 24.1 Å². The van der Waals surface area contributed by atoms with Gasteiger partial charge in [-0.15, -0.1) is 0 Å². The fourth-order valence-corrected chi connectivity index (χ4v) is 3.04. The number of aromatic amines is 1. The van der Waals surface area contributed by atoms with E-state index in [0.29, 0.717) is 19.0 Å². The third kappa shape index (κ3) is 4.23. The van der Waals surface area contributed by atoms with Crippen molar-refractivity contribution in [2.75, 3.05) is 13.1 Å². The molecule has 136 valence electrons. The lowest BCUT2D eigenvalue weighted by Gasteiger charge is -2.19. The Hall–Kier alpha value is -2.82. The van der Waals surface area contributed by atoms with Crippen LogP contribution < -0.4 is 10.6 Å². The lowest BCUT2D eigenvalue weighted by Crippen LogP contribution is -2.39. The molecule has 2 amide bonds. The highest BCUT2D eigenvalue weighted by Crippen LogP contribution is 2.30. The van der Waals surface area contributed by atoms with Gasteiger partial charge in [0, 0.05) is 36.1 Å². The second-order valence-corrected chi connectivity index (χ2v) is 6.88. The van der Waals surface area contributed by atoms with Gasteiger partial charge < -0.3 is 15.6 Å². The summed E-state index contributed by atoms with van der Waals surface area (Å²) in [5.74, 6) is 0.0490. The van der Waals surface area contributed by atoms with Crippen molar-refractivity contribution in [2.24, 2.45) is 5.92 Å². The maximum Gasteiger partial charge on any atom is 0.314 e. The first-order valence-corrected chi connectivity index (χ1v) is 8.87. The normalized spacial score (nSPS) is 12.3. The van der Waals surface area contributed by atoms with Crippen LogP contribution in [0.4, 0.5) is 9.18 Å². The zero-order valence-electron chi connectivity index (χ0n) is 15.1. The van der Waals surface area contributed by atoms with E-state index in [0.717, 1.165) is 22.0 Å². The zero-order valence-corrected chi connectivity index (χ0v) is 15.1. The van der Waals surface area contributed by atoms with Crippen LogP contribution in [-0.2, 0) is 0 Å². The van der Waals surface area contributed by atoms with E-state index >= 15 is 0 Å². The van der Waals surface area contributed by atoms with E-state index in [4.69, 9.17) is 0 Å². The van der Waals surface area contributed by atoms with Crippen LogP contribution in [0.15, 0.2) is 54.7 Å². The lowest BCUT2D eigenvalue weighted by atomic mass is 9.91. The Labute approximate surface area is 152 Å². The van der Waals surface area contributed by atoms with Gasteiger partial charge in [0.25, 0.3) is 0 Å². The molecule has 3 aromatic rings. The van der Waals surface area contributed by atoms with Gasteiger partial charge in [-0.25, -0.2) is 9.18 Å². The third-order valence-corrected chi connectivity index (χ3v) is 4.41. The second-order valence-electron chi connectivity index (χ2n) is 6.88. The minimum atomic E-state index is -0.269. The molecule has 0 aliphatic heterocycles. The Morgan fingerprint density at radius 3 is 2.46 bits per heavy atom. The SMILES string of the molecule is CC(C)CNC(=O)NC[C@@H](c1ccc(F)cc1)c1c[nH]c2ccccc12. The Kier molecular flexibility index (Phi) is 5.56. The maximum atomic E-state index is 13.3. The lowest BCUT2D eigenvalue weighted by molar-refractivity contribution is 0.239. The summed E-state index contributed by atoms with van der Waals surface area (Å²) in [6.07, 6.45) is 1.96. The summed E-state index contributed by atoms with van der Waals surface area (Å²) in [5, 5.41) is 6.91. The van der Waals surface area contributed by atoms with E-state index in [9.17, 15) is 9.18 Å². The van der Waals surface area contributed by atoms with Gasteiger partial charge in [0.15, 0.2) is 0 Å². The monoisotopic (exact) mass is 353 g/mol. The predicted molar refractivity (Wildman–Crippen MR) is 103 cm³/mol. The van der Waals surface area contributed by atoms with E-state index in [-0.39, 0.29) is 17.8 Å². The summed E-state index contributed by atoms with van der Waals surface area (Å²) in [5.41, 5.74) is 3.08. The van der Waals surface area contributed by atoms with Gasteiger partial charge in [0.1, 0.15) is 5.82 Å². The molecule has 0 aliphatic rings. The van der Waals surface area contributed by atoms with Crippen LogP contribution >= 0.6 is 0 Å². The molecular formula is C21H24FN3O. The number of fused-ring (bicyclic) bond motifs is 1. The van der Waals surface area contributed by atoms with Crippen LogP contribution in [0.3, 0.4) is 0 Å². The van der Waals surface area contributed by atoms with Crippen molar-refractivity contribution in [2.45, 2.75) is 19.8 Å². The summed E-state index contributed by atoms with van der Waals surface area (Å²) in [6, 6.07) is 14.3. The fourth-order valence-electron chi connectivity index (χ4n) is 3.04. The van der Waals surface area contributed by atoms with Crippen molar-refractivity contribution in [3.63, 3.8) is 0 Å². The summed E-state index contributed by atoms with van der Waals surface area (Å²) >= 11 is 0. The third-order valence-electron chi connectivity index (χ3n) is 4.41. The molecule has 0 saturated heterocycles. The first-order valence-electron chi connectivity index (χ1n) is 8.87. The molecule has 26 heavy (non-hydrogen) atoms. The molecule has 0 spiro atoms. The molecule has 0 radical (unpaired) electrons. The number of carbonyl (C=O) groups is 1. The number of benzene rings is 2. The highest BCUT2D eigenvalue weighted by atomic mass is 19.1. The minimum Gasteiger partial charge on any atom is -0.361 e. The van der Waals surface area contributed by atoms with Crippen molar-refractivity contribution in [3.05, 3.63) is 71.7 Å². The van der Waals surface area contributed by atoms with E-state index < -0.39 is 0 Å². The number of aromatic nitrogens is 1. The molecule has 0 saturated carbocycles. The highest BCUT2D eigenvalue weighted by Gasteiger charge is 2.19. The predicted octanol–water partition coefficient (Wildman–Crippen LogP) is 4.39. The van der Waals surface area contributed by atoms with Crippen LogP contribution in [0.1, 0.15) is 30.9 Å². The second kappa shape index (κ2) is 8.04. The van der Waals surface area contributed by atoms with Crippen molar-refractivity contribution in [3.8, 4) is 0 Å². The van der Waals surface area contributed by atoms with Gasteiger partial charge in [-0.1, -0.05) is 44.2 Å². The fraction of sp³-hybridized carbons (Fsp3) is 0.286. The van der Waals surface area contributed by atoms with Crippen molar-refractivity contribution in [1.82, 2.24) is 15.6 Å². The number of para-hydroxylation sites is 1. The molecule has 0 fully saturated rings. The molecule has 2 aromatic carbocycles. The minimum absolute atomic E-state index is 0.0726. The van der Waals surface area contributed by atoms with E-state index in [1.165, 1.54) is 12.1 Å².